The molecular weight excluding hydrogens is 234 g/mol. The Morgan fingerprint density at radius 2 is 2.15 bits per heavy atom. The Balaban J connectivity index is 3.33. The van der Waals surface area contributed by atoms with Crippen LogP contribution in [0.15, 0.2) is 15.3 Å². The van der Waals surface area contributed by atoms with Gasteiger partial charge in [0.1, 0.15) is 5.75 Å². The van der Waals surface area contributed by atoms with E-state index in [-0.39, 0.29) is 11.5 Å². The first-order valence-electron chi connectivity index (χ1n) is 4.03. The van der Waals surface area contributed by atoms with E-state index in [2.05, 4.69) is 20.9 Å². The van der Waals surface area contributed by atoms with Crippen molar-refractivity contribution in [3.8, 4) is 5.75 Å². The van der Waals surface area contributed by atoms with Gasteiger partial charge in [0.25, 0.3) is 5.56 Å². The molecule has 0 saturated carbocycles. The topological polar surface area (TPSA) is 42.1 Å². The van der Waals surface area contributed by atoms with E-state index in [9.17, 15) is 4.79 Å². The lowest BCUT2D eigenvalue weighted by molar-refractivity contribution is 0.403. The molecule has 1 heterocycles. The summed E-state index contributed by atoms with van der Waals surface area (Å²) < 4.78 is 5.64. The van der Waals surface area contributed by atoms with Gasteiger partial charge in [0.15, 0.2) is 0 Å². The van der Waals surface area contributed by atoms with Crippen LogP contribution in [-0.2, 0) is 0 Å². The molecule has 0 aliphatic rings. The minimum Gasteiger partial charge on any atom is -0.495 e. The average Bonchev–Trinajstić information content (AvgIpc) is 2.08. The summed E-state index contributed by atoms with van der Waals surface area (Å²) in [5.74, 6) is 0.956. The molecule has 13 heavy (non-hydrogen) atoms. The first-order chi connectivity index (χ1) is 6.06. The molecule has 0 saturated heterocycles. The summed E-state index contributed by atoms with van der Waals surface area (Å²) >= 11 is 3.15. The van der Waals surface area contributed by atoms with Gasteiger partial charge in [-0.15, -0.1) is 0 Å². The predicted octanol–water partition coefficient (Wildman–Crippen LogP) is 2.27. The molecule has 1 aromatic rings. The highest BCUT2D eigenvalue weighted by Gasteiger charge is 2.10. The lowest BCUT2D eigenvalue weighted by Crippen LogP contribution is -2.11. The molecule has 1 aromatic heterocycles. The number of H-pyrrole nitrogens is 1. The number of pyridine rings is 1. The van der Waals surface area contributed by atoms with Gasteiger partial charge in [-0.1, -0.05) is 13.8 Å². The average molecular weight is 246 g/mol. The molecule has 0 aliphatic carbocycles. The Bertz CT molecular complexity index is 357. The fourth-order valence-electron chi connectivity index (χ4n) is 1.10. The highest BCUT2D eigenvalue weighted by Crippen LogP contribution is 2.24. The van der Waals surface area contributed by atoms with Crippen LogP contribution in [-0.4, -0.2) is 12.1 Å². The molecular formula is C9H12BrNO2. The second-order valence-corrected chi connectivity index (χ2v) is 3.94. The standard InChI is InChI=1S/C9H12BrNO2/c1-5(2)8-7(13-3)4-6(10)9(12)11-8/h4-5H,1-3H3,(H,11,12). The number of methoxy groups -OCH3 is 1. The molecule has 0 bridgehead atoms. The second kappa shape index (κ2) is 3.96. The van der Waals surface area contributed by atoms with Crippen molar-refractivity contribution in [2.24, 2.45) is 0 Å². The van der Waals surface area contributed by atoms with Crippen LogP contribution in [0.25, 0.3) is 0 Å². The van der Waals surface area contributed by atoms with Crippen LogP contribution in [0.2, 0.25) is 0 Å². The SMILES string of the molecule is COc1cc(Br)c(=O)[nH]c1C(C)C. The fraction of sp³-hybridized carbons (Fsp3) is 0.444. The summed E-state index contributed by atoms with van der Waals surface area (Å²) in [5, 5.41) is 0. The number of aromatic nitrogens is 1. The van der Waals surface area contributed by atoms with Gasteiger partial charge < -0.3 is 9.72 Å². The maximum Gasteiger partial charge on any atom is 0.262 e. The Morgan fingerprint density at radius 1 is 1.54 bits per heavy atom. The molecule has 0 aliphatic heterocycles. The summed E-state index contributed by atoms with van der Waals surface area (Å²) in [6.45, 7) is 4.00. The molecule has 0 amide bonds. The van der Waals surface area contributed by atoms with E-state index >= 15 is 0 Å². The summed E-state index contributed by atoms with van der Waals surface area (Å²) in [5.41, 5.74) is 0.709. The van der Waals surface area contributed by atoms with E-state index < -0.39 is 0 Å². The zero-order valence-electron chi connectivity index (χ0n) is 7.85. The molecule has 4 heteroatoms. The van der Waals surface area contributed by atoms with Gasteiger partial charge in [-0.2, -0.15) is 0 Å². The van der Waals surface area contributed by atoms with Crippen molar-refractivity contribution in [2.75, 3.05) is 7.11 Å². The van der Waals surface area contributed by atoms with Crippen molar-refractivity contribution in [3.63, 3.8) is 0 Å². The zero-order valence-corrected chi connectivity index (χ0v) is 9.44. The Morgan fingerprint density at radius 3 is 2.62 bits per heavy atom. The lowest BCUT2D eigenvalue weighted by atomic mass is 10.1. The van der Waals surface area contributed by atoms with Gasteiger partial charge in [0, 0.05) is 6.07 Å². The highest BCUT2D eigenvalue weighted by atomic mass is 79.9. The predicted molar refractivity (Wildman–Crippen MR) is 55.4 cm³/mol. The maximum atomic E-state index is 11.3. The summed E-state index contributed by atoms with van der Waals surface area (Å²) in [7, 11) is 1.59. The number of halogens is 1. The Hall–Kier alpha value is -0.770. The molecule has 0 radical (unpaired) electrons. The normalized spacial score (nSPS) is 10.5. The Labute approximate surface area is 85.3 Å². The van der Waals surface area contributed by atoms with Crippen LogP contribution in [0.1, 0.15) is 25.5 Å². The highest BCUT2D eigenvalue weighted by molar-refractivity contribution is 9.10. The van der Waals surface area contributed by atoms with E-state index in [4.69, 9.17) is 4.74 Å². The van der Waals surface area contributed by atoms with Crippen LogP contribution >= 0.6 is 15.9 Å². The molecule has 1 rings (SSSR count). The number of hydrogen-bond donors (Lipinski definition) is 1. The number of hydrogen-bond acceptors (Lipinski definition) is 2. The molecule has 0 atom stereocenters. The van der Waals surface area contributed by atoms with Gasteiger partial charge in [-0.25, -0.2) is 0 Å². The Kier molecular flexibility index (Phi) is 3.14. The van der Waals surface area contributed by atoms with Crippen molar-refractivity contribution >= 4 is 15.9 Å². The van der Waals surface area contributed by atoms with E-state index in [0.29, 0.717) is 10.2 Å². The summed E-state index contributed by atoms with van der Waals surface area (Å²) in [4.78, 5) is 14.0. The monoisotopic (exact) mass is 245 g/mol. The van der Waals surface area contributed by atoms with Crippen LogP contribution in [0, 0.1) is 0 Å². The van der Waals surface area contributed by atoms with Crippen molar-refractivity contribution in [1.82, 2.24) is 4.98 Å². The van der Waals surface area contributed by atoms with E-state index in [0.717, 1.165) is 5.69 Å². The lowest BCUT2D eigenvalue weighted by Gasteiger charge is -2.10. The van der Waals surface area contributed by atoms with Crippen LogP contribution in [0.3, 0.4) is 0 Å². The van der Waals surface area contributed by atoms with E-state index in [1.165, 1.54) is 0 Å². The molecule has 0 unspecified atom stereocenters. The molecule has 3 nitrogen and oxygen atoms in total. The fourth-order valence-corrected chi connectivity index (χ4v) is 1.41. The molecule has 0 spiro atoms. The minimum absolute atomic E-state index is 0.121. The van der Waals surface area contributed by atoms with E-state index in [1.807, 2.05) is 13.8 Å². The third kappa shape index (κ3) is 2.12. The molecule has 1 N–H and O–H groups in total. The third-order valence-electron chi connectivity index (χ3n) is 1.79. The van der Waals surface area contributed by atoms with Crippen molar-refractivity contribution in [1.29, 1.82) is 0 Å². The first kappa shape index (κ1) is 10.3. The smallest absolute Gasteiger partial charge is 0.262 e. The molecule has 72 valence electrons. The summed E-state index contributed by atoms with van der Waals surface area (Å²) in [6.07, 6.45) is 0. The van der Waals surface area contributed by atoms with Gasteiger partial charge in [-0.3, -0.25) is 4.79 Å². The molecule has 0 aromatic carbocycles. The van der Waals surface area contributed by atoms with Gasteiger partial charge in [-0.05, 0) is 21.8 Å². The van der Waals surface area contributed by atoms with Crippen LogP contribution in [0.4, 0.5) is 0 Å². The van der Waals surface area contributed by atoms with Gasteiger partial charge in [0.05, 0.1) is 17.3 Å². The number of aromatic amines is 1. The molecule has 0 fully saturated rings. The van der Waals surface area contributed by atoms with Crippen LogP contribution < -0.4 is 10.3 Å². The van der Waals surface area contributed by atoms with Crippen molar-refractivity contribution < 1.29 is 4.74 Å². The van der Waals surface area contributed by atoms with Crippen molar-refractivity contribution in [3.05, 3.63) is 26.6 Å². The number of nitrogens with one attached hydrogen (secondary N) is 1. The number of ether oxygens (including phenoxy) is 1. The van der Waals surface area contributed by atoms with Crippen molar-refractivity contribution in [2.45, 2.75) is 19.8 Å². The van der Waals surface area contributed by atoms with Gasteiger partial charge in [0.2, 0.25) is 0 Å². The van der Waals surface area contributed by atoms with Gasteiger partial charge >= 0.3 is 0 Å². The first-order valence-corrected chi connectivity index (χ1v) is 4.82. The zero-order chi connectivity index (χ0) is 10.0. The maximum absolute atomic E-state index is 11.3. The number of rotatable bonds is 2. The third-order valence-corrected chi connectivity index (χ3v) is 2.37. The second-order valence-electron chi connectivity index (χ2n) is 3.08. The quantitative estimate of drug-likeness (QED) is 0.869. The van der Waals surface area contributed by atoms with E-state index in [1.54, 1.807) is 13.2 Å². The van der Waals surface area contributed by atoms with Crippen LogP contribution in [0.5, 0.6) is 5.75 Å². The minimum atomic E-state index is -0.121. The largest absolute Gasteiger partial charge is 0.495 e. The summed E-state index contributed by atoms with van der Waals surface area (Å²) in [6, 6.07) is 1.69.